The zero-order valence-electron chi connectivity index (χ0n) is 37.9. The third-order valence-electron chi connectivity index (χ3n) is 15.1. The van der Waals surface area contributed by atoms with Crippen molar-refractivity contribution in [3.8, 4) is 44.5 Å². The first-order chi connectivity index (χ1) is 31.1. The van der Waals surface area contributed by atoms with Crippen LogP contribution in [-0.4, -0.2) is 39.2 Å². The van der Waals surface area contributed by atoms with Crippen LogP contribution in [0.25, 0.3) is 44.5 Å². The number of anilines is 3. The Bertz CT molecular complexity index is 3240. The van der Waals surface area contributed by atoms with Gasteiger partial charge in [-0.15, -0.1) is 16.4 Å². The van der Waals surface area contributed by atoms with Gasteiger partial charge in [-0.25, -0.2) is 0 Å². The first-order valence-corrected chi connectivity index (χ1v) is 22.8. The minimum atomic E-state index is -0.503. The maximum Gasteiger partial charge on any atom is 0.139 e. The van der Waals surface area contributed by atoms with Gasteiger partial charge in [0.05, 0.1) is 5.41 Å². The second-order valence-corrected chi connectivity index (χ2v) is 18.6. The topological polar surface area (TPSA) is 3.24 Å². The van der Waals surface area contributed by atoms with E-state index < -0.39 is 5.41 Å². The summed E-state index contributed by atoms with van der Waals surface area (Å²) >= 11 is 0. The average Bonchev–Trinajstić information content (AvgIpc) is 3.76. The molecule has 0 aliphatic heterocycles. The fraction of sp³-hybridized carbons (Fsp3) is 0.0690. The van der Waals surface area contributed by atoms with Crippen molar-refractivity contribution in [3.05, 3.63) is 228 Å². The van der Waals surface area contributed by atoms with E-state index >= 15 is 0 Å². The number of rotatable bonds is 7. The third kappa shape index (κ3) is 5.92. The molecule has 0 spiro atoms. The summed E-state index contributed by atoms with van der Waals surface area (Å²) in [6.07, 6.45) is 0. The fourth-order valence-electron chi connectivity index (χ4n) is 11.5. The van der Waals surface area contributed by atoms with E-state index in [1.165, 1.54) is 105 Å². The molecule has 11 rings (SSSR count). The molecule has 2 aliphatic carbocycles. The standard InChI is InChI=1S/C58H48B5N/c1-57(2)47-23-9-6-22-45(47)46-34-42(30-31-48(46)57)64(40-28-26-35(27-29-40)36-14-12-15-37(32-36)51-52(59)54(61)56(63)55(62)53(51)60)41-19-13-18-39(33-41)58(38-16-4-3-5-17-38)49-24-10-7-20-43(49)44-21-8-11-25-50(44)58/h3-34H,59-63H2,1-2H3. The lowest BCUT2D eigenvalue weighted by Gasteiger charge is -2.35. The van der Waals surface area contributed by atoms with Crippen LogP contribution in [0.5, 0.6) is 0 Å². The predicted molar refractivity (Wildman–Crippen MR) is 288 cm³/mol. The van der Waals surface area contributed by atoms with E-state index in [4.69, 9.17) is 0 Å². The highest BCUT2D eigenvalue weighted by molar-refractivity contribution is 6.68. The van der Waals surface area contributed by atoms with E-state index in [2.05, 4.69) is 252 Å². The van der Waals surface area contributed by atoms with Crippen molar-refractivity contribution >= 4 is 83.6 Å². The second kappa shape index (κ2) is 15.1. The number of hydrogen-bond acceptors (Lipinski definition) is 1. The van der Waals surface area contributed by atoms with Crippen LogP contribution < -0.4 is 32.2 Å². The van der Waals surface area contributed by atoms with Gasteiger partial charge in [0.1, 0.15) is 39.2 Å². The van der Waals surface area contributed by atoms with Crippen molar-refractivity contribution in [1.82, 2.24) is 0 Å². The monoisotopic (exact) mass is 813 g/mol. The van der Waals surface area contributed by atoms with Gasteiger partial charge in [0.15, 0.2) is 0 Å². The van der Waals surface area contributed by atoms with Gasteiger partial charge < -0.3 is 4.90 Å². The summed E-state index contributed by atoms with van der Waals surface area (Å²) in [5.41, 5.74) is 27.8. The molecule has 64 heavy (non-hydrogen) atoms. The molecule has 0 saturated carbocycles. The molecule has 0 fully saturated rings. The highest BCUT2D eigenvalue weighted by Crippen LogP contribution is 2.57. The minimum Gasteiger partial charge on any atom is -0.310 e. The molecule has 0 N–H and O–H groups in total. The molecule has 1 nitrogen and oxygen atoms in total. The van der Waals surface area contributed by atoms with Gasteiger partial charge in [-0.2, -0.15) is 0 Å². The number of fused-ring (bicyclic) bond motifs is 6. The first kappa shape index (κ1) is 39.9. The van der Waals surface area contributed by atoms with Crippen LogP contribution in [0.15, 0.2) is 194 Å². The molecule has 6 heteroatoms. The molecule has 0 unspecified atom stereocenters. The Kier molecular flexibility index (Phi) is 9.44. The van der Waals surface area contributed by atoms with Gasteiger partial charge in [0.25, 0.3) is 0 Å². The molecule has 0 amide bonds. The summed E-state index contributed by atoms with van der Waals surface area (Å²) in [5, 5.41) is 0. The van der Waals surface area contributed by atoms with Gasteiger partial charge in [-0.05, 0) is 120 Å². The van der Waals surface area contributed by atoms with Crippen LogP contribution in [0.3, 0.4) is 0 Å². The molecule has 300 valence electrons. The molecular weight excluding hydrogens is 765 g/mol. The van der Waals surface area contributed by atoms with Crippen LogP contribution in [0, 0.1) is 0 Å². The summed E-state index contributed by atoms with van der Waals surface area (Å²) in [4.78, 5) is 2.47. The lowest BCUT2D eigenvalue weighted by atomic mass is 9.59. The fourth-order valence-corrected chi connectivity index (χ4v) is 11.5. The summed E-state index contributed by atoms with van der Waals surface area (Å²) in [6.45, 7) is 4.72. The summed E-state index contributed by atoms with van der Waals surface area (Å²) in [7, 11) is 11.3. The Morgan fingerprint density at radius 1 is 0.328 bits per heavy atom. The molecule has 0 atom stereocenters. The lowest BCUT2D eigenvalue weighted by molar-refractivity contribution is 0.660. The van der Waals surface area contributed by atoms with Gasteiger partial charge >= 0.3 is 0 Å². The molecule has 9 aromatic rings. The molecule has 2 aliphatic rings. The Labute approximate surface area is 383 Å². The Balaban J connectivity index is 1.09. The molecule has 0 bridgehead atoms. The van der Waals surface area contributed by atoms with E-state index in [0.717, 1.165) is 17.1 Å². The van der Waals surface area contributed by atoms with E-state index in [1.807, 2.05) is 0 Å². The normalized spacial score (nSPS) is 13.7. The van der Waals surface area contributed by atoms with Crippen LogP contribution in [0.4, 0.5) is 17.1 Å². The smallest absolute Gasteiger partial charge is 0.139 e. The largest absolute Gasteiger partial charge is 0.310 e. The van der Waals surface area contributed by atoms with Crippen molar-refractivity contribution in [2.24, 2.45) is 0 Å². The van der Waals surface area contributed by atoms with Crippen LogP contribution >= 0.6 is 0 Å². The van der Waals surface area contributed by atoms with Crippen LogP contribution in [0.2, 0.25) is 0 Å². The molecule has 0 heterocycles. The Morgan fingerprint density at radius 2 is 0.812 bits per heavy atom. The quantitative estimate of drug-likeness (QED) is 0.168. The van der Waals surface area contributed by atoms with Crippen molar-refractivity contribution in [3.63, 3.8) is 0 Å². The highest BCUT2D eigenvalue weighted by Gasteiger charge is 2.46. The minimum absolute atomic E-state index is 0.0796. The zero-order valence-corrected chi connectivity index (χ0v) is 37.9. The van der Waals surface area contributed by atoms with E-state index in [1.54, 1.807) is 0 Å². The van der Waals surface area contributed by atoms with Gasteiger partial charge in [-0.3, -0.25) is 0 Å². The Morgan fingerprint density at radius 3 is 1.47 bits per heavy atom. The maximum absolute atomic E-state index is 2.47. The average molecular weight is 813 g/mol. The molecular formula is C58H48B5N. The summed E-state index contributed by atoms with van der Waals surface area (Å²) in [6, 6.07) is 72.9. The first-order valence-electron chi connectivity index (χ1n) is 22.8. The number of benzene rings is 9. The molecule has 0 radical (unpaired) electrons. The van der Waals surface area contributed by atoms with Crippen LogP contribution in [-0.2, 0) is 10.8 Å². The molecule has 0 aromatic heterocycles. The summed E-state index contributed by atoms with van der Waals surface area (Å²) < 4.78 is 0. The summed E-state index contributed by atoms with van der Waals surface area (Å²) in [5.74, 6) is 0. The highest BCUT2D eigenvalue weighted by atomic mass is 15.1. The van der Waals surface area contributed by atoms with E-state index in [-0.39, 0.29) is 5.41 Å². The van der Waals surface area contributed by atoms with Crippen molar-refractivity contribution < 1.29 is 0 Å². The molecule has 9 aromatic carbocycles. The van der Waals surface area contributed by atoms with Crippen molar-refractivity contribution in [2.75, 3.05) is 4.90 Å². The van der Waals surface area contributed by atoms with Gasteiger partial charge in [0.2, 0.25) is 0 Å². The van der Waals surface area contributed by atoms with E-state index in [9.17, 15) is 0 Å². The third-order valence-corrected chi connectivity index (χ3v) is 15.1. The zero-order chi connectivity index (χ0) is 43.9. The lowest BCUT2D eigenvalue weighted by Crippen LogP contribution is -2.55. The van der Waals surface area contributed by atoms with E-state index in [0.29, 0.717) is 0 Å². The Hall–Kier alpha value is -6.90. The van der Waals surface area contributed by atoms with Crippen molar-refractivity contribution in [2.45, 2.75) is 24.7 Å². The van der Waals surface area contributed by atoms with Crippen LogP contribution in [0.1, 0.15) is 47.2 Å². The van der Waals surface area contributed by atoms with Gasteiger partial charge in [-0.1, -0.05) is 176 Å². The maximum atomic E-state index is 2.47. The number of nitrogens with zero attached hydrogens (tertiary/aromatic N) is 1. The van der Waals surface area contributed by atoms with Crippen molar-refractivity contribution in [1.29, 1.82) is 0 Å². The predicted octanol–water partition coefficient (Wildman–Crippen LogP) is 6.45. The molecule has 0 saturated heterocycles. The second-order valence-electron chi connectivity index (χ2n) is 18.6. The van der Waals surface area contributed by atoms with Gasteiger partial charge in [0, 0.05) is 22.5 Å². The SMILES string of the molecule is Bc1c(B)c(B)c(-c2cccc(-c3ccc(N(c4cccc(C5(c6ccccc6)c6ccccc6-c6ccccc65)c4)c4ccc5c(c4)-c4ccccc4C5(C)C)cc3)c2)c(B)c1B. The number of hydrogen-bond donors (Lipinski definition) is 0.